The third-order valence-electron chi connectivity index (χ3n) is 4.38. The molecule has 0 saturated heterocycles. The minimum atomic E-state index is -0.152. The van der Waals surface area contributed by atoms with Crippen LogP contribution >= 0.6 is 0 Å². The van der Waals surface area contributed by atoms with E-state index >= 15 is 0 Å². The van der Waals surface area contributed by atoms with Gasteiger partial charge in [0.15, 0.2) is 5.78 Å². The number of carbonyl (C=O) groups excluding carboxylic acids is 3. The van der Waals surface area contributed by atoms with Gasteiger partial charge in [0.1, 0.15) is 5.75 Å². The molecule has 7 heteroatoms. The van der Waals surface area contributed by atoms with Crippen LogP contribution in [0.25, 0.3) is 0 Å². The molecule has 29 heavy (non-hydrogen) atoms. The predicted molar refractivity (Wildman–Crippen MR) is 113 cm³/mol. The van der Waals surface area contributed by atoms with E-state index in [4.69, 9.17) is 4.74 Å². The molecule has 0 aromatic heterocycles. The van der Waals surface area contributed by atoms with Crippen LogP contribution in [0.15, 0.2) is 42.5 Å². The summed E-state index contributed by atoms with van der Waals surface area (Å²) >= 11 is 0. The van der Waals surface area contributed by atoms with Crippen LogP contribution in [0, 0.1) is 0 Å². The van der Waals surface area contributed by atoms with E-state index in [-0.39, 0.29) is 24.1 Å². The molecule has 2 aromatic carbocycles. The first kappa shape index (κ1) is 22.1. The first-order valence-corrected chi connectivity index (χ1v) is 9.40. The van der Waals surface area contributed by atoms with Crippen LogP contribution in [0.4, 0.5) is 11.4 Å². The maximum absolute atomic E-state index is 12.5. The Bertz CT molecular complexity index is 878. The molecule has 2 rings (SSSR count). The van der Waals surface area contributed by atoms with Crippen molar-refractivity contribution in [1.29, 1.82) is 0 Å². The molecule has 0 aliphatic carbocycles. The number of Topliss-reactive ketones (excluding diaryl/α,β-unsaturated/α-hetero) is 1. The second-order valence-electron chi connectivity index (χ2n) is 6.69. The standard InChI is InChI=1S/C22H27N3O4/c1-5-25(13-18-12-17(15(2)26)6-11-21(18)29-4)14-22(28)24-20-9-7-19(8-10-20)23-16(3)27/h6-12H,5,13-14H2,1-4H3,(H,23,27)(H,24,28). The van der Waals surface area contributed by atoms with Crippen LogP contribution < -0.4 is 15.4 Å². The van der Waals surface area contributed by atoms with Crippen LogP contribution in [-0.4, -0.2) is 42.7 Å². The van der Waals surface area contributed by atoms with Crippen molar-refractivity contribution in [2.75, 3.05) is 30.8 Å². The molecular formula is C22H27N3O4. The Balaban J connectivity index is 2.02. The molecule has 0 aliphatic heterocycles. The number of ether oxygens (including phenoxy) is 1. The van der Waals surface area contributed by atoms with Gasteiger partial charge in [-0.1, -0.05) is 6.92 Å². The molecule has 0 fully saturated rings. The second-order valence-corrected chi connectivity index (χ2v) is 6.69. The lowest BCUT2D eigenvalue weighted by Gasteiger charge is -2.21. The van der Waals surface area contributed by atoms with Gasteiger partial charge in [0.05, 0.1) is 13.7 Å². The zero-order chi connectivity index (χ0) is 21.4. The van der Waals surface area contributed by atoms with Crippen LogP contribution in [0.1, 0.15) is 36.7 Å². The highest BCUT2D eigenvalue weighted by atomic mass is 16.5. The van der Waals surface area contributed by atoms with Gasteiger partial charge in [-0.25, -0.2) is 0 Å². The number of nitrogens with one attached hydrogen (secondary N) is 2. The summed E-state index contributed by atoms with van der Waals surface area (Å²) in [5.41, 5.74) is 2.79. The molecule has 0 spiro atoms. The molecule has 2 N–H and O–H groups in total. The molecule has 2 aromatic rings. The van der Waals surface area contributed by atoms with Crippen LogP contribution in [-0.2, 0) is 16.1 Å². The Hall–Kier alpha value is -3.19. The maximum Gasteiger partial charge on any atom is 0.238 e. The topological polar surface area (TPSA) is 87.7 Å². The van der Waals surface area contributed by atoms with Crippen molar-refractivity contribution in [3.05, 3.63) is 53.6 Å². The molecule has 7 nitrogen and oxygen atoms in total. The fraction of sp³-hybridized carbons (Fsp3) is 0.318. The average Bonchev–Trinajstić information content (AvgIpc) is 2.68. The van der Waals surface area contributed by atoms with Gasteiger partial charge in [0.25, 0.3) is 0 Å². The van der Waals surface area contributed by atoms with E-state index < -0.39 is 0 Å². The van der Waals surface area contributed by atoms with Crippen LogP contribution in [0.2, 0.25) is 0 Å². The number of nitrogens with zero attached hydrogens (tertiary/aromatic N) is 1. The van der Waals surface area contributed by atoms with Crippen molar-refractivity contribution >= 4 is 29.0 Å². The van der Waals surface area contributed by atoms with E-state index in [9.17, 15) is 14.4 Å². The molecule has 2 amide bonds. The van der Waals surface area contributed by atoms with Gasteiger partial charge in [0, 0.05) is 36.0 Å². The summed E-state index contributed by atoms with van der Waals surface area (Å²) in [6.07, 6.45) is 0. The smallest absolute Gasteiger partial charge is 0.238 e. The van der Waals surface area contributed by atoms with Gasteiger partial charge in [-0.3, -0.25) is 19.3 Å². The number of rotatable bonds is 9. The number of hydrogen-bond donors (Lipinski definition) is 2. The lowest BCUT2D eigenvalue weighted by Crippen LogP contribution is -2.33. The SMILES string of the molecule is CCN(CC(=O)Nc1ccc(NC(C)=O)cc1)Cc1cc(C(C)=O)ccc1OC. The number of amides is 2. The molecule has 0 heterocycles. The van der Waals surface area contributed by atoms with Gasteiger partial charge < -0.3 is 15.4 Å². The molecular weight excluding hydrogens is 370 g/mol. The Morgan fingerprint density at radius 1 is 0.966 bits per heavy atom. The van der Waals surface area contributed by atoms with E-state index in [1.54, 1.807) is 43.5 Å². The van der Waals surface area contributed by atoms with Crippen LogP contribution in [0.5, 0.6) is 5.75 Å². The summed E-state index contributed by atoms with van der Waals surface area (Å²) in [5.74, 6) is 0.366. The molecule has 0 atom stereocenters. The monoisotopic (exact) mass is 397 g/mol. The highest BCUT2D eigenvalue weighted by Crippen LogP contribution is 2.22. The van der Waals surface area contributed by atoms with Gasteiger partial charge in [0.2, 0.25) is 11.8 Å². The summed E-state index contributed by atoms with van der Waals surface area (Å²) in [5, 5.41) is 5.53. The largest absolute Gasteiger partial charge is 0.496 e. The van der Waals surface area contributed by atoms with Crippen molar-refractivity contribution in [2.45, 2.75) is 27.3 Å². The Morgan fingerprint density at radius 2 is 1.59 bits per heavy atom. The van der Waals surface area contributed by atoms with Gasteiger partial charge in [-0.15, -0.1) is 0 Å². The van der Waals surface area contributed by atoms with Crippen molar-refractivity contribution < 1.29 is 19.1 Å². The molecule has 0 radical (unpaired) electrons. The summed E-state index contributed by atoms with van der Waals surface area (Å²) in [6.45, 7) is 6.26. The van der Waals surface area contributed by atoms with E-state index in [1.165, 1.54) is 13.8 Å². The normalized spacial score (nSPS) is 10.5. The third-order valence-corrected chi connectivity index (χ3v) is 4.38. The van der Waals surface area contributed by atoms with E-state index in [0.29, 0.717) is 35.8 Å². The number of likely N-dealkylation sites (N-methyl/N-ethyl adjacent to an activating group) is 1. The first-order valence-electron chi connectivity index (χ1n) is 9.40. The van der Waals surface area contributed by atoms with Crippen molar-refractivity contribution in [3.63, 3.8) is 0 Å². The quantitative estimate of drug-likeness (QED) is 0.634. The Morgan fingerprint density at radius 3 is 2.10 bits per heavy atom. The molecule has 0 saturated carbocycles. The highest BCUT2D eigenvalue weighted by Gasteiger charge is 2.14. The zero-order valence-electron chi connectivity index (χ0n) is 17.2. The summed E-state index contributed by atoms with van der Waals surface area (Å²) in [7, 11) is 1.58. The molecule has 154 valence electrons. The summed E-state index contributed by atoms with van der Waals surface area (Å²) in [4.78, 5) is 37.2. The maximum atomic E-state index is 12.5. The molecule has 0 unspecified atom stereocenters. The van der Waals surface area contributed by atoms with Crippen LogP contribution in [0.3, 0.4) is 0 Å². The fourth-order valence-corrected chi connectivity index (χ4v) is 2.89. The third kappa shape index (κ3) is 6.73. The molecule has 0 bridgehead atoms. The average molecular weight is 397 g/mol. The van der Waals surface area contributed by atoms with Crippen molar-refractivity contribution in [2.24, 2.45) is 0 Å². The second kappa shape index (κ2) is 10.4. The summed E-state index contributed by atoms with van der Waals surface area (Å²) in [6, 6.07) is 12.2. The highest BCUT2D eigenvalue weighted by molar-refractivity contribution is 5.94. The van der Waals surface area contributed by atoms with Crippen molar-refractivity contribution in [3.8, 4) is 5.75 Å². The first-order chi connectivity index (χ1) is 13.8. The lowest BCUT2D eigenvalue weighted by atomic mass is 10.1. The zero-order valence-corrected chi connectivity index (χ0v) is 17.2. The fourth-order valence-electron chi connectivity index (χ4n) is 2.89. The van der Waals surface area contributed by atoms with E-state index in [1.807, 2.05) is 17.9 Å². The Kier molecular flexibility index (Phi) is 7.91. The Labute approximate surface area is 171 Å². The molecule has 0 aliphatic rings. The predicted octanol–water partition coefficient (Wildman–Crippen LogP) is 3.32. The van der Waals surface area contributed by atoms with E-state index in [0.717, 1.165) is 5.56 Å². The van der Waals surface area contributed by atoms with Gasteiger partial charge >= 0.3 is 0 Å². The minimum absolute atomic E-state index is 0.0163. The number of carbonyl (C=O) groups is 3. The van der Waals surface area contributed by atoms with Gasteiger partial charge in [-0.2, -0.15) is 0 Å². The number of anilines is 2. The number of benzene rings is 2. The number of ketones is 1. The number of hydrogen-bond acceptors (Lipinski definition) is 5. The minimum Gasteiger partial charge on any atom is -0.496 e. The number of methoxy groups -OCH3 is 1. The van der Waals surface area contributed by atoms with Gasteiger partial charge in [-0.05, 0) is 55.9 Å². The van der Waals surface area contributed by atoms with E-state index in [2.05, 4.69) is 10.6 Å². The summed E-state index contributed by atoms with van der Waals surface area (Å²) < 4.78 is 5.40. The lowest BCUT2D eigenvalue weighted by molar-refractivity contribution is -0.117. The van der Waals surface area contributed by atoms with Crippen molar-refractivity contribution in [1.82, 2.24) is 4.90 Å².